The highest BCUT2D eigenvalue weighted by molar-refractivity contribution is 5.75. The molecule has 0 aromatic heterocycles. The molecule has 1 aromatic rings. The van der Waals surface area contributed by atoms with E-state index < -0.39 is 0 Å². The van der Waals surface area contributed by atoms with Crippen LogP contribution in [0.1, 0.15) is 24.9 Å². The van der Waals surface area contributed by atoms with Crippen molar-refractivity contribution in [3.63, 3.8) is 0 Å². The van der Waals surface area contributed by atoms with Crippen molar-refractivity contribution in [2.24, 2.45) is 0 Å². The van der Waals surface area contributed by atoms with Crippen molar-refractivity contribution in [1.29, 1.82) is 0 Å². The number of amides is 1. The smallest absolute Gasteiger partial charge is 0.221 e. The van der Waals surface area contributed by atoms with Crippen LogP contribution < -0.4 is 15.4 Å². The third-order valence-electron chi connectivity index (χ3n) is 2.79. The van der Waals surface area contributed by atoms with Crippen molar-refractivity contribution < 1.29 is 14.6 Å². The molecular formula is C13H20N2O3. The van der Waals surface area contributed by atoms with Crippen LogP contribution in [0.25, 0.3) is 0 Å². The normalized spacial score (nSPS) is 11.9. The molecular weight excluding hydrogens is 232 g/mol. The Morgan fingerprint density at radius 2 is 2.22 bits per heavy atom. The topological polar surface area (TPSA) is 70.6 Å². The number of carbonyl (C=O) groups is 1. The molecule has 1 aromatic carbocycles. The number of ether oxygens (including phenoxy) is 1. The molecule has 3 N–H and O–H groups in total. The molecule has 1 rings (SSSR count). The van der Waals surface area contributed by atoms with Gasteiger partial charge in [0.1, 0.15) is 11.5 Å². The van der Waals surface area contributed by atoms with Gasteiger partial charge in [0, 0.05) is 37.7 Å². The van der Waals surface area contributed by atoms with Gasteiger partial charge in [0.15, 0.2) is 0 Å². The maximum absolute atomic E-state index is 11.1. The van der Waals surface area contributed by atoms with Crippen molar-refractivity contribution >= 4 is 5.91 Å². The Morgan fingerprint density at radius 1 is 1.50 bits per heavy atom. The maximum Gasteiger partial charge on any atom is 0.221 e. The second kappa shape index (κ2) is 6.86. The lowest BCUT2D eigenvalue weighted by molar-refractivity contribution is -0.120. The van der Waals surface area contributed by atoms with Crippen LogP contribution in [-0.2, 0) is 4.79 Å². The third-order valence-corrected chi connectivity index (χ3v) is 2.79. The lowest BCUT2D eigenvalue weighted by atomic mass is 10.1. The maximum atomic E-state index is 11.1. The molecule has 5 heteroatoms. The minimum absolute atomic E-state index is 0.00588. The third kappa shape index (κ3) is 3.92. The number of carbonyl (C=O) groups excluding carboxylic acids is 1. The van der Waals surface area contributed by atoms with Crippen molar-refractivity contribution in [2.75, 3.05) is 20.7 Å². The van der Waals surface area contributed by atoms with E-state index in [1.165, 1.54) is 0 Å². The standard InChI is InChI=1S/C13H20N2O3/c1-9(15-7-6-13(17)14-2)11-5-4-10(18-3)8-12(11)16/h4-5,8-9,15-16H,6-7H2,1-3H3,(H,14,17). The lowest BCUT2D eigenvalue weighted by Gasteiger charge is -2.16. The zero-order valence-electron chi connectivity index (χ0n) is 11.0. The van der Waals surface area contributed by atoms with Gasteiger partial charge in [-0.05, 0) is 13.0 Å². The van der Waals surface area contributed by atoms with Crippen LogP contribution in [0.2, 0.25) is 0 Å². The number of phenols is 1. The highest BCUT2D eigenvalue weighted by Gasteiger charge is 2.11. The van der Waals surface area contributed by atoms with Gasteiger partial charge in [-0.1, -0.05) is 6.07 Å². The van der Waals surface area contributed by atoms with Crippen LogP contribution in [0.3, 0.4) is 0 Å². The Balaban J connectivity index is 2.56. The Bertz CT molecular complexity index is 407. The van der Waals surface area contributed by atoms with Crippen molar-refractivity contribution in [3.05, 3.63) is 23.8 Å². The van der Waals surface area contributed by atoms with Crippen LogP contribution in [0.15, 0.2) is 18.2 Å². The molecule has 1 atom stereocenters. The molecule has 0 bridgehead atoms. The molecule has 100 valence electrons. The fourth-order valence-corrected chi connectivity index (χ4v) is 1.65. The second-order valence-corrected chi connectivity index (χ2v) is 4.02. The van der Waals surface area contributed by atoms with E-state index in [-0.39, 0.29) is 17.7 Å². The van der Waals surface area contributed by atoms with E-state index in [4.69, 9.17) is 4.74 Å². The van der Waals surface area contributed by atoms with Gasteiger partial charge < -0.3 is 20.5 Å². The second-order valence-electron chi connectivity index (χ2n) is 4.02. The highest BCUT2D eigenvalue weighted by atomic mass is 16.5. The summed E-state index contributed by atoms with van der Waals surface area (Å²) in [6, 6.07) is 5.16. The summed E-state index contributed by atoms with van der Waals surface area (Å²) >= 11 is 0. The summed E-state index contributed by atoms with van der Waals surface area (Å²) in [5.74, 6) is 0.803. The predicted molar refractivity (Wildman–Crippen MR) is 69.8 cm³/mol. The van der Waals surface area contributed by atoms with Crippen LogP contribution in [0, 0.1) is 0 Å². The van der Waals surface area contributed by atoms with Gasteiger partial charge in [0.05, 0.1) is 7.11 Å². The summed E-state index contributed by atoms with van der Waals surface area (Å²) < 4.78 is 5.02. The average Bonchev–Trinajstić information content (AvgIpc) is 2.37. The Morgan fingerprint density at radius 3 is 2.78 bits per heavy atom. The monoisotopic (exact) mass is 252 g/mol. The molecule has 0 aliphatic heterocycles. The largest absolute Gasteiger partial charge is 0.507 e. The first-order valence-electron chi connectivity index (χ1n) is 5.89. The summed E-state index contributed by atoms with van der Waals surface area (Å²) in [4.78, 5) is 11.1. The van der Waals surface area contributed by atoms with Crippen LogP contribution in [0.4, 0.5) is 0 Å². The van der Waals surface area contributed by atoms with Gasteiger partial charge in [-0.3, -0.25) is 4.79 Å². The molecule has 0 heterocycles. The number of phenolic OH excluding ortho intramolecular Hbond substituents is 1. The number of nitrogens with one attached hydrogen (secondary N) is 2. The molecule has 0 radical (unpaired) electrons. The molecule has 1 amide bonds. The van der Waals surface area contributed by atoms with Gasteiger partial charge in [0.2, 0.25) is 5.91 Å². The predicted octanol–water partition coefficient (Wildman–Crippen LogP) is 1.19. The lowest BCUT2D eigenvalue weighted by Crippen LogP contribution is -2.26. The molecule has 1 unspecified atom stereocenters. The summed E-state index contributed by atoms with van der Waals surface area (Å²) in [7, 11) is 3.17. The van der Waals surface area contributed by atoms with Crippen LogP contribution in [-0.4, -0.2) is 31.7 Å². The van der Waals surface area contributed by atoms with Crippen molar-refractivity contribution in [3.8, 4) is 11.5 Å². The van der Waals surface area contributed by atoms with E-state index in [0.717, 1.165) is 5.56 Å². The van der Waals surface area contributed by atoms with Gasteiger partial charge in [0.25, 0.3) is 0 Å². The van der Waals surface area contributed by atoms with Gasteiger partial charge in [-0.25, -0.2) is 0 Å². The molecule has 0 spiro atoms. The fraction of sp³-hybridized carbons (Fsp3) is 0.462. The Labute approximate surface area is 107 Å². The number of hydrogen-bond donors (Lipinski definition) is 3. The van der Waals surface area contributed by atoms with Gasteiger partial charge in [-0.15, -0.1) is 0 Å². The van der Waals surface area contributed by atoms with Gasteiger partial charge in [-0.2, -0.15) is 0 Å². The first-order valence-corrected chi connectivity index (χ1v) is 5.89. The molecule has 0 fully saturated rings. The summed E-state index contributed by atoms with van der Waals surface area (Å²) in [5.41, 5.74) is 0.785. The van der Waals surface area contributed by atoms with E-state index in [9.17, 15) is 9.90 Å². The minimum Gasteiger partial charge on any atom is -0.507 e. The molecule has 0 aliphatic rings. The molecule has 0 saturated carbocycles. The zero-order chi connectivity index (χ0) is 13.5. The summed E-state index contributed by atoms with van der Waals surface area (Å²) in [6.45, 7) is 2.50. The summed E-state index contributed by atoms with van der Waals surface area (Å²) in [5, 5.41) is 15.6. The molecule has 0 aliphatic carbocycles. The summed E-state index contributed by atoms with van der Waals surface area (Å²) in [6.07, 6.45) is 0.414. The Kier molecular flexibility index (Phi) is 5.45. The number of rotatable bonds is 6. The SMILES string of the molecule is CNC(=O)CCNC(C)c1ccc(OC)cc1O. The minimum atomic E-state index is -0.0273. The molecule has 18 heavy (non-hydrogen) atoms. The highest BCUT2D eigenvalue weighted by Crippen LogP contribution is 2.28. The number of benzene rings is 1. The molecule has 5 nitrogen and oxygen atoms in total. The van der Waals surface area contributed by atoms with E-state index >= 15 is 0 Å². The van der Waals surface area contributed by atoms with Crippen molar-refractivity contribution in [1.82, 2.24) is 10.6 Å². The average molecular weight is 252 g/mol. The fourth-order valence-electron chi connectivity index (χ4n) is 1.65. The van der Waals surface area contributed by atoms with Crippen LogP contribution in [0.5, 0.6) is 11.5 Å². The van der Waals surface area contributed by atoms with E-state index in [1.54, 1.807) is 26.3 Å². The van der Waals surface area contributed by atoms with Gasteiger partial charge >= 0.3 is 0 Å². The quantitative estimate of drug-likeness (QED) is 0.711. The zero-order valence-corrected chi connectivity index (χ0v) is 11.0. The number of hydrogen-bond acceptors (Lipinski definition) is 4. The first-order chi connectivity index (χ1) is 8.58. The van der Waals surface area contributed by atoms with E-state index in [0.29, 0.717) is 18.7 Å². The molecule has 0 saturated heterocycles. The van der Waals surface area contributed by atoms with E-state index in [1.807, 2.05) is 13.0 Å². The Hall–Kier alpha value is -1.75. The van der Waals surface area contributed by atoms with Crippen molar-refractivity contribution in [2.45, 2.75) is 19.4 Å². The first kappa shape index (κ1) is 14.3. The van der Waals surface area contributed by atoms with Crippen LogP contribution >= 0.6 is 0 Å². The number of methoxy groups -OCH3 is 1. The van der Waals surface area contributed by atoms with E-state index in [2.05, 4.69) is 10.6 Å². The number of aromatic hydroxyl groups is 1.